The Bertz CT molecular complexity index is 536. The molecule has 1 aliphatic heterocycles. The Kier molecular flexibility index (Phi) is 4.65. The van der Waals surface area contributed by atoms with Gasteiger partial charge >= 0.3 is 0 Å². The maximum Gasteiger partial charge on any atom is 0.292 e. The van der Waals surface area contributed by atoms with Crippen molar-refractivity contribution in [3.05, 3.63) is 17.3 Å². The summed E-state index contributed by atoms with van der Waals surface area (Å²) >= 11 is 0. The summed E-state index contributed by atoms with van der Waals surface area (Å²) < 4.78 is 5.63. The van der Waals surface area contributed by atoms with Crippen molar-refractivity contribution < 1.29 is 14.0 Å². The predicted molar refractivity (Wildman–Crippen MR) is 77.9 cm³/mol. The minimum Gasteiger partial charge on any atom is -0.435 e. The van der Waals surface area contributed by atoms with Crippen LogP contribution >= 0.6 is 0 Å². The smallest absolute Gasteiger partial charge is 0.292 e. The second kappa shape index (κ2) is 6.28. The molecular formula is C15H23N3O3. The largest absolute Gasteiger partial charge is 0.435 e. The molecule has 0 aromatic carbocycles. The summed E-state index contributed by atoms with van der Waals surface area (Å²) in [6, 6.07) is -0.488. The highest BCUT2D eigenvalue weighted by molar-refractivity contribution is 5.96. The van der Waals surface area contributed by atoms with Gasteiger partial charge in [0.05, 0.1) is 5.69 Å². The van der Waals surface area contributed by atoms with E-state index in [0.29, 0.717) is 37.0 Å². The number of oxazole rings is 1. The number of nitrogens with zero attached hydrogens (tertiary/aromatic N) is 2. The van der Waals surface area contributed by atoms with E-state index in [2.05, 4.69) is 24.1 Å². The summed E-state index contributed by atoms with van der Waals surface area (Å²) in [5.74, 6) is 0.874. The zero-order chi connectivity index (χ0) is 15.6. The van der Waals surface area contributed by atoms with Crippen LogP contribution in [0.4, 0.5) is 0 Å². The zero-order valence-corrected chi connectivity index (χ0v) is 13.1. The first-order valence-corrected chi connectivity index (χ1v) is 7.45. The highest BCUT2D eigenvalue weighted by Gasteiger charge is 2.31. The maximum absolute atomic E-state index is 12.6. The third-order valence-electron chi connectivity index (χ3n) is 3.60. The van der Waals surface area contributed by atoms with Gasteiger partial charge in [-0.1, -0.05) is 13.8 Å². The second-order valence-corrected chi connectivity index (χ2v) is 5.94. The van der Waals surface area contributed by atoms with Gasteiger partial charge in [0, 0.05) is 19.5 Å². The molecule has 0 unspecified atom stereocenters. The minimum atomic E-state index is -0.488. The highest BCUT2D eigenvalue weighted by Crippen LogP contribution is 2.18. The number of hydrogen-bond donors (Lipinski definition) is 1. The van der Waals surface area contributed by atoms with Gasteiger partial charge < -0.3 is 14.6 Å². The van der Waals surface area contributed by atoms with E-state index in [1.165, 1.54) is 0 Å². The van der Waals surface area contributed by atoms with E-state index in [0.717, 1.165) is 6.42 Å². The van der Waals surface area contributed by atoms with Crippen molar-refractivity contribution in [1.82, 2.24) is 15.2 Å². The number of amides is 2. The van der Waals surface area contributed by atoms with Crippen LogP contribution < -0.4 is 5.32 Å². The monoisotopic (exact) mass is 293 g/mol. The van der Waals surface area contributed by atoms with Crippen LogP contribution in [0.5, 0.6) is 0 Å². The summed E-state index contributed by atoms with van der Waals surface area (Å²) in [4.78, 5) is 30.4. The standard InChI is InChI=1S/C15H23N3O3/c1-9(2)8-12-17-10(3)13(21-12)15(20)18-7-5-6-16-14(19)11(18)4/h9,11H,5-8H2,1-4H3,(H,16,19)/t11-/m0/s1. The zero-order valence-electron chi connectivity index (χ0n) is 13.1. The molecule has 1 saturated heterocycles. The Balaban J connectivity index is 2.22. The number of carbonyl (C=O) groups excluding carboxylic acids is 2. The average Bonchev–Trinajstić information content (AvgIpc) is 2.67. The number of hydrogen-bond acceptors (Lipinski definition) is 4. The van der Waals surface area contributed by atoms with Crippen molar-refractivity contribution in [3.63, 3.8) is 0 Å². The van der Waals surface area contributed by atoms with Crippen molar-refractivity contribution in [2.45, 2.75) is 46.6 Å². The molecule has 116 valence electrons. The fourth-order valence-electron chi connectivity index (χ4n) is 2.44. The molecule has 0 bridgehead atoms. The van der Waals surface area contributed by atoms with E-state index in [1.807, 2.05) is 0 Å². The van der Waals surface area contributed by atoms with Gasteiger partial charge in [0.25, 0.3) is 5.91 Å². The molecule has 6 nitrogen and oxygen atoms in total. The van der Waals surface area contributed by atoms with Gasteiger partial charge in [-0.15, -0.1) is 0 Å². The molecule has 0 spiro atoms. The van der Waals surface area contributed by atoms with Crippen LogP contribution in [0.1, 0.15) is 49.3 Å². The highest BCUT2D eigenvalue weighted by atomic mass is 16.4. The van der Waals surface area contributed by atoms with E-state index in [4.69, 9.17) is 4.42 Å². The first kappa shape index (κ1) is 15.5. The second-order valence-electron chi connectivity index (χ2n) is 5.94. The Morgan fingerprint density at radius 3 is 2.90 bits per heavy atom. The van der Waals surface area contributed by atoms with Crippen molar-refractivity contribution in [2.75, 3.05) is 13.1 Å². The van der Waals surface area contributed by atoms with Crippen molar-refractivity contribution in [3.8, 4) is 0 Å². The summed E-state index contributed by atoms with van der Waals surface area (Å²) in [5, 5.41) is 2.80. The van der Waals surface area contributed by atoms with E-state index >= 15 is 0 Å². The third kappa shape index (κ3) is 3.43. The predicted octanol–water partition coefficient (Wildman–Crippen LogP) is 1.53. The van der Waals surface area contributed by atoms with Crippen LogP contribution in [0.2, 0.25) is 0 Å². The summed E-state index contributed by atoms with van der Waals surface area (Å²) in [6.45, 7) is 8.78. The lowest BCUT2D eigenvalue weighted by Gasteiger charge is -2.24. The molecule has 1 aliphatic rings. The number of rotatable bonds is 3. The van der Waals surface area contributed by atoms with Gasteiger partial charge in [0.1, 0.15) is 6.04 Å². The van der Waals surface area contributed by atoms with E-state index in [9.17, 15) is 9.59 Å². The average molecular weight is 293 g/mol. The Morgan fingerprint density at radius 2 is 2.24 bits per heavy atom. The maximum atomic E-state index is 12.6. The van der Waals surface area contributed by atoms with Gasteiger partial charge in [0.15, 0.2) is 5.89 Å². The number of aromatic nitrogens is 1. The molecular weight excluding hydrogens is 270 g/mol. The Labute approximate surface area is 124 Å². The molecule has 1 atom stereocenters. The van der Waals surface area contributed by atoms with Crippen LogP contribution in [-0.4, -0.2) is 40.8 Å². The summed E-state index contributed by atoms with van der Waals surface area (Å²) in [6.07, 6.45) is 1.44. The minimum absolute atomic E-state index is 0.125. The molecule has 1 aromatic heterocycles. The topological polar surface area (TPSA) is 75.4 Å². The lowest BCUT2D eigenvalue weighted by molar-refractivity contribution is -0.124. The molecule has 21 heavy (non-hydrogen) atoms. The van der Waals surface area contributed by atoms with Gasteiger partial charge in [-0.05, 0) is 26.2 Å². The Morgan fingerprint density at radius 1 is 1.52 bits per heavy atom. The molecule has 1 aromatic rings. The fraction of sp³-hybridized carbons (Fsp3) is 0.667. The normalized spacial score (nSPS) is 19.6. The molecule has 0 radical (unpaired) electrons. The van der Waals surface area contributed by atoms with E-state index in [1.54, 1.807) is 18.7 Å². The molecule has 2 heterocycles. The quantitative estimate of drug-likeness (QED) is 0.917. The van der Waals surface area contributed by atoms with Gasteiger partial charge in [-0.25, -0.2) is 4.98 Å². The summed E-state index contributed by atoms with van der Waals surface area (Å²) in [7, 11) is 0. The van der Waals surface area contributed by atoms with Crippen molar-refractivity contribution in [2.24, 2.45) is 5.92 Å². The third-order valence-corrected chi connectivity index (χ3v) is 3.60. The lowest BCUT2D eigenvalue weighted by atomic mass is 10.1. The van der Waals surface area contributed by atoms with Crippen LogP contribution in [0, 0.1) is 12.8 Å². The molecule has 2 rings (SSSR count). The molecule has 0 aliphatic carbocycles. The molecule has 0 saturated carbocycles. The van der Waals surface area contributed by atoms with Crippen molar-refractivity contribution >= 4 is 11.8 Å². The van der Waals surface area contributed by atoms with Crippen molar-refractivity contribution in [1.29, 1.82) is 0 Å². The molecule has 1 N–H and O–H groups in total. The summed E-state index contributed by atoms with van der Waals surface area (Å²) in [5.41, 5.74) is 0.590. The fourth-order valence-corrected chi connectivity index (χ4v) is 2.44. The van der Waals surface area contributed by atoms with Gasteiger partial charge in [-0.3, -0.25) is 9.59 Å². The first-order valence-electron chi connectivity index (χ1n) is 7.45. The van der Waals surface area contributed by atoms with Crippen LogP contribution in [0.25, 0.3) is 0 Å². The van der Waals surface area contributed by atoms with E-state index in [-0.39, 0.29) is 17.6 Å². The molecule has 6 heteroatoms. The van der Waals surface area contributed by atoms with Crippen LogP contribution in [-0.2, 0) is 11.2 Å². The lowest BCUT2D eigenvalue weighted by Crippen LogP contribution is -2.45. The van der Waals surface area contributed by atoms with Crippen LogP contribution in [0.3, 0.4) is 0 Å². The number of carbonyl (C=O) groups is 2. The first-order chi connectivity index (χ1) is 9.90. The van der Waals surface area contributed by atoms with Gasteiger partial charge in [-0.2, -0.15) is 0 Å². The Hall–Kier alpha value is -1.85. The van der Waals surface area contributed by atoms with Gasteiger partial charge in [0.2, 0.25) is 11.7 Å². The van der Waals surface area contributed by atoms with E-state index < -0.39 is 6.04 Å². The number of aryl methyl sites for hydroxylation is 1. The number of nitrogens with one attached hydrogen (secondary N) is 1. The molecule has 1 fully saturated rings. The SMILES string of the molecule is Cc1nc(CC(C)C)oc1C(=O)N1CCCNC(=O)[C@@H]1C. The molecule has 2 amide bonds. The van der Waals surface area contributed by atoms with Crippen LogP contribution in [0.15, 0.2) is 4.42 Å².